The Morgan fingerprint density at radius 3 is 2.84 bits per heavy atom. The lowest BCUT2D eigenvalue weighted by molar-refractivity contribution is 0.536. The van der Waals surface area contributed by atoms with E-state index in [9.17, 15) is 4.39 Å². The molecule has 0 amide bonds. The van der Waals surface area contributed by atoms with Crippen molar-refractivity contribution in [3.8, 4) is 0 Å². The number of rotatable bonds is 5. The Morgan fingerprint density at radius 2 is 2.26 bits per heavy atom. The summed E-state index contributed by atoms with van der Waals surface area (Å²) in [5, 5.41) is 3.30. The highest BCUT2D eigenvalue weighted by Crippen LogP contribution is 2.30. The molecule has 0 bridgehead atoms. The quantitative estimate of drug-likeness (QED) is 0.496. The number of guanidine groups is 1. The molecule has 0 atom stereocenters. The number of benzene rings is 1. The van der Waals surface area contributed by atoms with Gasteiger partial charge in [0.1, 0.15) is 5.82 Å². The third kappa shape index (κ3) is 4.56. The summed E-state index contributed by atoms with van der Waals surface area (Å²) in [7, 11) is 0. The molecule has 0 saturated carbocycles. The summed E-state index contributed by atoms with van der Waals surface area (Å²) < 4.78 is 13.0. The molecule has 104 valence electrons. The van der Waals surface area contributed by atoms with Crippen molar-refractivity contribution in [3.63, 3.8) is 0 Å². The van der Waals surface area contributed by atoms with Crippen LogP contribution in [0.1, 0.15) is 19.4 Å². The smallest absolute Gasteiger partial charge is 0.188 e. The maximum atomic E-state index is 13.0. The number of hydrogen-bond donors (Lipinski definition) is 2. The second-order valence-electron chi connectivity index (χ2n) is 4.88. The van der Waals surface area contributed by atoms with Crippen LogP contribution in [-0.4, -0.2) is 19.0 Å². The van der Waals surface area contributed by atoms with Crippen molar-refractivity contribution < 1.29 is 4.39 Å². The van der Waals surface area contributed by atoms with Gasteiger partial charge in [0.15, 0.2) is 5.96 Å². The second kappa shape index (κ2) is 6.57. The zero-order valence-electron chi connectivity index (χ0n) is 11.2. The molecule has 0 aliphatic heterocycles. The van der Waals surface area contributed by atoms with Crippen LogP contribution in [0, 0.1) is 5.82 Å². The lowest BCUT2D eigenvalue weighted by atomic mass is 9.84. The largest absolute Gasteiger partial charge is 0.370 e. The van der Waals surface area contributed by atoms with Gasteiger partial charge in [-0.2, -0.15) is 0 Å². The van der Waals surface area contributed by atoms with Gasteiger partial charge in [0, 0.05) is 17.0 Å². The van der Waals surface area contributed by atoms with E-state index in [0.29, 0.717) is 24.1 Å². The Morgan fingerprint density at radius 1 is 1.58 bits per heavy atom. The highest BCUT2D eigenvalue weighted by molar-refractivity contribution is 6.31. The van der Waals surface area contributed by atoms with E-state index in [1.165, 1.54) is 12.1 Å². The molecule has 0 spiro atoms. The van der Waals surface area contributed by atoms with E-state index in [2.05, 4.69) is 16.9 Å². The van der Waals surface area contributed by atoms with E-state index in [4.69, 9.17) is 17.3 Å². The number of nitrogens with two attached hydrogens (primary N) is 1. The number of nitrogens with one attached hydrogen (secondary N) is 1. The first-order chi connectivity index (χ1) is 8.86. The highest BCUT2D eigenvalue weighted by Gasteiger charge is 2.23. The van der Waals surface area contributed by atoms with E-state index < -0.39 is 0 Å². The van der Waals surface area contributed by atoms with E-state index in [0.717, 1.165) is 5.56 Å². The van der Waals surface area contributed by atoms with E-state index >= 15 is 0 Å². The summed E-state index contributed by atoms with van der Waals surface area (Å²) in [6.45, 7) is 8.56. The van der Waals surface area contributed by atoms with Crippen LogP contribution in [-0.2, 0) is 5.41 Å². The van der Waals surface area contributed by atoms with Gasteiger partial charge in [0.2, 0.25) is 0 Å². The summed E-state index contributed by atoms with van der Waals surface area (Å²) in [5.41, 5.74) is 6.22. The van der Waals surface area contributed by atoms with Gasteiger partial charge in [0.25, 0.3) is 0 Å². The standard InChI is InChI=1S/C14H19ClFN3/c1-4-7-18-13(17)19-9-14(2,3)11-6-5-10(16)8-12(11)15/h4-6,8H,1,7,9H2,2-3H3,(H3,17,18,19). The van der Waals surface area contributed by atoms with Crippen LogP contribution in [0.2, 0.25) is 5.02 Å². The minimum atomic E-state index is -0.347. The molecular weight excluding hydrogens is 265 g/mol. The summed E-state index contributed by atoms with van der Waals surface area (Å²) in [6, 6.07) is 4.38. The summed E-state index contributed by atoms with van der Waals surface area (Å²) >= 11 is 6.06. The van der Waals surface area contributed by atoms with Crippen molar-refractivity contribution in [1.29, 1.82) is 0 Å². The molecule has 0 aliphatic carbocycles. The molecule has 0 radical (unpaired) electrons. The van der Waals surface area contributed by atoms with Crippen molar-refractivity contribution in [2.24, 2.45) is 10.7 Å². The topological polar surface area (TPSA) is 50.4 Å². The van der Waals surface area contributed by atoms with Gasteiger partial charge in [-0.05, 0) is 17.7 Å². The van der Waals surface area contributed by atoms with E-state index in [1.807, 2.05) is 13.8 Å². The molecule has 0 heterocycles. The lowest BCUT2D eigenvalue weighted by Gasteiger charge is -2.24. The van der Waals surface area contributed by atoms with Gasteiger partial charge in [0.05, 0.1) is 6.54 Å². The molecule has 0 unspecified atom stereocenters. The minimum Gasteiger partial charge on any atom is -0.370 e. The van der Waals surface area contributed by atoms with Crippen LogP contribution < -0.4 is 11.1 Å². The van der Waals surface area contributed by atoms with E-state index in [-0.39, 0.29) is 11.2 Å². The molecule has 1 aromatic rings. The predicted octanol–water partition coefficient (Wildman–Crippen LogP) is 2.85. The zero-order chi connectivity index (χ0) is 14.5. The van der Waals surface area contributed by atoms with Gasteiger partial charge < -0.3 is 11.1 Å². The monoisotopic (exact) mass is 283 g/mol. The van der Waals surface area contributed by atoms with Crippen LogP contribution in [0.5, 0.6) is 0 Å². The maximum Gasteiger partial charge on any atom is 0.188 e. The van der Waals surface area contributed by atoms with Gasteiger partial charge in [-0.1, -0.05) is 37.6 Å². The summed E-state index contributed by atoms with van der Waals surface area (Å²) in [5.74, 6) is 0.00595. The number of nitrogens with zero attached hydrogens (tertiary/aromatic N) is 1. The fourth-order valence-electron chi connectivity index (χ4n) is 1.64. The molecule has 0 aliphatic rings. The van der Waals surface area contributed by atoms with Crippen molar-refractivity contribution >= 4 is 17.6 Å². The van der Waals surface area contributed by atoms with Crippen LogP contribution in [0.25, 0.3) is 0 Å². The van der Waals surface area contributed by atoms with E-state index in [1.54, 1.807) is 12.1 Å². The van der Waals surface area contributed by atoms with Crippen molar-refractivity contribution in [3.05, 3.63) is 47.3 Å². The summed E-state index contributed by atoms with van der Waals surface area (Å²) in [4.78, 5) is 4.26. The third-order valence-corrected chi connectivity index (χ3v) is 3.05. The molecule has 5 heteroatoms. The predicted molar refractivity (Wildman–Crippen MR) is 79.1 cm³/mol. The Bertz CT molecular complexity index is 484. The maximum absolute atomic E-state index is 13.0. The van der Waals surface area contributed by atoms with Gasteiger partial charge in [-0.15, -0.1) is 6.58 Å². The van der Waals surface area contributed by atoms with Crippen LogP contribution in [0.4, 0.5) is 4.39 Å². The average molecular weight is 284 g/mol. The van der Waals surface area contributed by atoms with Crippen LogP contribution >= 0.6 is 11.6 Å². The Kier molecular flexibility index (Phi) is 5.36. The second-order valence-corrected chi connectivity index (χ2v) is 5.29. The average Bonchev–Trinajstić information content (AvgIpc) is 2.33. The first kappa shape index (κ1) is 15.5. The summed E-state index contributed by atoms with van der Waals surface area (Å²) in [6.07, 6.45) is 1.70. The van der Waals surface area contributed by atoms with Gasteiger partial charge in [-0.3, -0.25) is 4.99 Å². The van der Waals surface area contributed by atoms with Crippen molar-refractivity contribution in [2.75, 3.05) is 13.1 Å². The van der Waals surface area contributed by atoms with Crippen LogP contribution in [0.15, 0.2) is 35.8 Å². The minimum absolute atomic E-state index is 0.328. The van der Waals surface area contributed by atoms with Crippen molar-refractivity contribution in [1.82, 2.24) is 5.32 Å². The SMILES string of the molecule is C=CCNC(N)=NCC(C)(C)c1ccc(F)cc1Cl. The molecule has 1 aromatic carbocycles. The molecule has 0 saturated heterocycles. The Balaban J connectivity index is 2.83. The lowest BCUT2D eigenvalue weighted by Crippen LogP contribution is -2.33. The Hall–Kier alpha value is -1.55. The van der Waals surface area contributed by atoms with Gasteiger partial charge in [-0.25, -0.2) is 4.39 Å². The normalized spacial score (nSPS) is 12.3. The first-order valence-corrected chi connectivity index (χ1v) is 6.35. The molecule has 3 N–H and O–H groups in total. The molecule has 1 rings (SSSR count). The molecule has 3 nitrogen and oxygen atoms in total. The van der Waals surface area contributed by atoms with Crippen LogP contribution in [0.3, 0.4) is 0 Å². The first-order valence-electron chi connectivity index (χ1n) is 5.97. The number of halogens is 2. The Labute approximate surface area is 118 Å². The highest BCUT2D eigenvalue weighted by atomic mass is 35.5. The molecule has 0 aromatic heterocycles. The van der Waals surface area contributed by atoms with Crippen molar-refractivity contribution in [2.45, 2.75) is 19.3 Å². The fourth-order valence-corrected chi connectivity index (χ4v) is 2.06. The third-order valence-electron chi connectivity index (χ3n) is 2.73. The molecule has 19 heavy (non-hydrogen) atoms. The zero-order valence-corrected chi connectivity index (χ0v) is 12.0. The fraction of sp³-hybridized carbons (Fsp3) is 0.357. The molecular formula is C14H19ClFN3. The molecule has 0 fully saturated rings. The number of aliphatic imine (C=N–C) groups is 1. The van der Waals surface area contributed by atoms with Gasteiger partial charge >= 0.3 is 0 Å². The number of hydrogen-bond acceptors (Lipinski definition) is 1.